The van der Waals surface area contributed by atoms with Gasteiger partial charge in [-0.15, -0.1) is 0 Å². The molecule has 134 valence electrons. The molecule has 1 aliphatic heterocycles. The molecule has 2 fully saturated rings. The molecule has 1 aromatic rings. The van der Waals surface area contributed by atoms with Gasteiger partial charge < -0.3 is 15.1 Å². The van der Waals surface area contributed by atoms with Crippen LogP contribution in [0.15, 0.2) is 18.2 Å². The lowest BCUT2D eigenvalue weighted by molar-refractivity contribution is -0.139. The van der Waals surface area contributed by atoms with Gasteiger partial charge in [0.25, 0.3) is 0 Å². The van der Waals surface area contributed by atoms with Crippen LogP contribution in [0.25, 0.3) is 0 Å². The third kappa shape index (κ3) is 3.22. The number of amides is 3. The normalized spacial score (nSPS) is 23.2. The van der Waals surface area contributed by atoms with Crippen LogP contribution in [0.2, 0.25) is 0 Å². The molecule has 0 bridgehead atoms. The first-order chi connectivity index (χ1) is 12.1. The largest absolute Gasteiger partial charge is 0.339 e. The predicted molar refractivity (Wildman–Crippen MR) is 91.5 cm³/mol. The molecular formula is C19H24FN3O2. The minimum Gasteiger partial charge on any atom is -0.339 e. The molecule has 3 aliphatic rings. The van der Waals surface area contributed by atoms with E-state index < -0.39 is 0 Å². The lowest BCUT2D eigenvalue weighted by Crippen LogP contribution is -2.54. The van der Waals surface area contributed by atoms with E-state index in [0.717, 1.165) is 43.2 Å². The van der Waals surface area contributed by atoms with E-state index in [1.807, 2.05) is 4.90 Å². The fourth-order valence-corrected chi connectivity index (χ4v) is 4.02. The zero-order valence-electron chi connectivity index (χ0n) is 14.3. The number of carbonyl (C=O) groups is 2. The molecule has 25 heavy (non-hydrogen) atoms. The van der Waals surface area contributed by atoms with Gasteiger partial charge in [-0.3, -0.25) is 4.79 Å². The first-order valence-electron chi connectivity index (χ1n) is 9.24. The van der Waals surface area contributed by atoms with Crippen molar-refractivity contribution in [3.63, 3.8) is 0 Å². The summed E-state index contributed by atoms with van der Waals surface area (Å²) in [4.78, 5) is 28.5. The first kappa shape index (κ1) is 16.4. The lowest BCUT2D eigenvalue weighted by atomic mass is 9.84. The van der Waals surface area contributed by atoms with Crippen molar-refractivity contribution in [2.24, 2.45) is 5.92 Å². The van der Waals surface area contributed by atoms with E-state index in [9.17, 15) is 14.0 Å². The minimum absolute atomic E-state index is 0.0438. The summed E-state index contributed by atoms with van der Waals surface area (Å²) in [5.74, 6) is 0.256. The number of rotatable bonds is 2. The molecule has 1 saturated heterocycles. The van der Waals surface area contributed by atoms with Gasteiger partial charge >= 0.3 is 6.03 Å². The number of fused-ring (bicyclic) bond motifs is 1. The zero-order chi connectivity index (χ0) is 17.4. The molecule has 1 aromatic carbocycles. The van der Waals surface area contributed by atoms with E-state index in [4.69, 9.17) is 0 Å². The molecule has 0 radical (unpaired) electrons. The van der Waals surface area contributed by atoms with Crippen LogP contribution in [0.5, 0.6) is 0 Å². The Kier molecular flexibility index (Phi) is 4.36. The summed E-state index contributed by atoms with van der Waals surface area (Å²) in [5, 5.41) is 3.07. The summed E-state index contributed by atoms with van der Waals surface area (Å²) in [7, 11) is 0. The molecule has 0 aromatic heterocycles. The van der Waals surface area contributed by atoms with Gasteiger partial charge in [-0.1, -0.05) is 12.5 Å². The number of piperazine rings is 1. The number of nitrogens with zero attached hydrogens (tertiary/aromatic N) is 2. The Hall–Kier alpha value is -2.11. The third-order valence-electron chi connectivity index (χ3n) is 5.81. The molecule has 1 N–H and O–H groups in total. The Bertz CT molecular complexity index is 681. The average Bonchev–Trinajstić information content (AvgIpc) is 2.95. The average molecular weight is 345 g/mol. The second-order valence-corrected chi connectivity index (χ2v) is 7.32. The van der Waals surface area contributed by atoms with Gasteiger partial charge in [-0.2, -0.15) is 0 Å². The number of carbonyl (C=O) groups excluding carboxylic acids is 2. The van der Waals surface area contributed by atoms with Crippen molar-refractivity contribution in [1.29, 1.82) is 0 Å². The van der Waals surface area contributed by atoms with Crippen molar-refractivity contribution < 1.29 is 14.0 Å². The maximum Gasteiger partial charge on any atom is 0.318 e. The fraction of sp³-hybridized carbons (Fsp3) is 0.579. The smallest absolute Gasteiger partial charge is 0.318 e. The second kappa shape index (κ2) is 6.65. The Morgan fingerprint density at radius 3 is 2.44 bits per heavy atom. The predicted octanol–water partition coefficient (Wildman–Crippen LogP) is 2.47. The molecule has 1 heterocycles. The van der Waals surface area contributed by atoms with E-state index in [2.05, 4.69) is 5.32 Å². The van der Waals surface area contributed by atoms with Crippen molar-refractivity contribution in [3.05, 3.63) is 35.1 Å². The summed E-state index contributed by atoms with van der Waals surface area (Å²) >= 11 is 0. The highest BCUT2D eigenvalue weighted by Crippen LogP contribution is 2.32. The molecule has 0 unspecified atom stereocenters. The van der Waals surface area contributed by atoms with E-state index in [-0.39, 0.29) is 29.7 Å². The summed E-state index contributed by atoms with van der Waals surface area (Å²) in [6.45, 7) is 2.39. The Morgan fingerprint density at radius 2 is 1.76 bits per heavy atom. The van der Waals surface area contributed by atoms with E-state index in [1.54, 1.807) is 17.0 Å². The topological polar surface area (TPSA) is 52.7 Å². The van der Waals surface area contributed by atoms with Crippen molar-refractivity contribution in [2.45, 2.75) is 38.1 Å². The number of halogens is 1. The second-order valence-electron chi connectivity index (χ2n) is 7.32. The van der Waals surface area contributed by atoms with Gasteiger partial charge in [0, 0.05) is 32.1 Å². The Morgan fingerprint density at radius 1 is 1.04 bits per heavy atom. The van der Waals surface area contributed by atoms with Crippen LogP contribution < -0.4 is 5.32 Å². The van der Waals surface area contributed by atoms with Crippen LogP contribution in [0.1, 0.15) is 42.9 Å². The standard InChI is InChI=1S/C19H24FN3O2/c20-15-5-6-16-14(12-15)4-7-17(16)21-19(25)23-10-8-22(9-11-23)18(24)13-2-1-3-13/h5-6,12-13,17H,1-4,7-11H2,(H,21,25)/t17-/m0/s1. The zero-order valence-corrected chi connectivity index (χ0v) is 14.3. The number of hydrogen-bond acceptors (Lipinski definition) is 2. The van der Waals surface area contributed by atoms with Gasteiger partial charge in [0.05, 0.1) is 6.04 Å². The van der Waals surface area contributed by atoms with Crippen LogP contribution in [0, 0.1) is 11.7 Å². The highest BCUT2D eigenvalue weighted by Gasteiger charge is 2.33. The third-order valence-corrected chi connectivity index (χ3v) is 5.81. The molecule has 1 atom stereocenters. The minimum atomic E-state index is -0.224. The molecule has 6 heteroatoms. The summed E-state index contributed by atoms with van der Waals surface area (Å²) in [6.07, 6.45) is 4.79. The van der Waals surface area contributed by atoms with E-state index >= 15 is 0 Å². The number of benzene rings is 1. The van der Waals surface area contributed by atoms with Gasteiger partial charge in [0.2, 0.25) is 5.91 Å². The van der Waals surface area contributed by atoms with Crippen LogP contribution in [0.3, 0.4) is 0 Å². The molecule has 4 rings (SSSR count). The highest BCUT2D eigenvalue weighted by molar-refractivity contribution is 5.80. The summed E-state index contributed by atoms with van der Waals surface area (Å²) in [5.41, 5.74) is 2.01. The lowest BCUT2D eigenvalue weighted by Gasteiger charge is -2.38. The summed E-state index contributed by atoms with van der Waals surface area (Å²) in [6, 6.07) is 4.66. The monoisotopic (exact) mass is 345 g/mol. The van der Waals surface area contributed by atoms with Crippen molar-refractivity contribution in [3.8, 4) is 0 Å². The number of aryl methyl sites for hydroxylation is 1. The SMILES string of the molecule is O=C(N[C@H]1CCc2cc(F)ccc21)N1CCN(C(=O)C2CCC2)CC1. The molecule has 2 aliphatic carbocycles. The molecule has 3 amide bonds. The number of urea groups is 1. The van der Waals surface area contributed by atoms with Gasteiger partial charge in [0.1, 0.15) is 5.82 Å². The van der Waals surface area contributed by atoms with Crippen LogP contribution >= 0.6 is 0 Å². The van der Waals surface area contributed by atoms with Crippen LogP contribution in [-0.2, 0) is 11.2 Å². The quantitative estimate of drug-likeness (QED) is 0.895. The molecule has 5 nitrogen and oxygen atoms in total. The maximum atomic E-state index is 13.3. The highest BCUT2D eigenvalue weighted by atomic mass is 19.1. The fourth-order valence-electron chi connectivity index (χ4n) is 4.02. The van der Waals surface area contributed by atoms with E-state index in [0.29, 0.717) is 26.2 Å². The van der Waals surface area contributed by atoms with Crippen molar-refractivity contribution >= 4 is 11.9 Å². The summed E-state index contributed by atoms with van der Waals surface area (Å²) < 4.78 is 13.3. The Balaban J connectivity index is 1.31. The molecule has 1 saturated carbocycles. The number of hydrogen-bond donors (Lipinski definition) is 1. The number of nitrogens with one attached hydrogen (secondary N) is 1. The maximum absolute atomic E-state index is 13.3. The molecule has 0 spiro atoms. The van der Waals surface area contributed by atoms with Crippen molar-refractivity contribution in [1.82, 2.24) is 15.1 Å². The van der Waals surface area contributed by atoms with Crippen LogP contribution in [0.4, 0.5) is 9.18 Å². The Labute approximate surface area is 147 Å². The van der Waals surface area contributed by atoms with Gasteiger partial charge in [-0.05, 0) is 48.9 Å². The van der Waals surface area contributed by atoms with Crippen molar-refractivity contribution in [2.75, 3.05) is 26.2 Å². The van der Waals surface area contributed by atoms with E-state index in [1.165, 1.54) is 6.07 Å². The van der Waals surface area contributed by atoms with Crippen LogP contribution in [-0.4, -0.2) is 47.9 Å². The van der Waals surface area contributed by atoms with Gasteiger partial charge in [-0.25, -0.2) is 9.18 Å². The van der Waals surface area contributed by atoms with Gasteiger partial charge in [0.15, 0.2) is 0 Å². The molecular weight excluding hydrogens is 321 g/mol. The first-order valence-corrected chi connectivity index (χ1v) is 9.24.